The van der Waals surface area contributed by atoms with Crippen molar-refractivity contribution in [3.05, 3.63) is 23.3 Å². The van der Waals surface area contributed by atoms with E-state index in [0.717, 1.165) is 22.6 Å². The van der Waals surface area contributed by atoms with Crippen LogP contribution in [0.15, 0.2) is 12.1 Å². The minimum Gasteiger partial charge on any atom is -0.496 e. The quantitative estimate of drug-likeness (QED) is 0.736. The SMILES string of the molecule is COc1cc(C)c(OC(C)C)cc1C. The van der Waals surface area contributed by atoms with Gasteiger partial charge >= 0.3 is 0 Å². The molecular formula is C12H18O2. The van der Waals surface area contributed by atoms with Gasteiger partial charge in [0.25, 0.3) is 0 Å². The Morgan fingerprint density at radius 2 is 1.50 bits per heavy atom. The van der Waals surface area contributed by atoms with E-state index in [0.29, 0.717) is 0 Å². The van der Waals surface area contributed by atoms with Gasteiger partial charge in [-0.15, -0.1) is 0 Å². The van der Waals surface area contributed by atoms with Gasteiger partial charge in [-0.1, -0.05) is 0 Å². The lowest BCUT2D eigenvalue weighted by Crippen LogP contribution is -2.07. The number of ether oxygens (including phenoxy) is 2. The lowest BCUT2D eigenvalue weighted by Gasteiger charge is -2.14. The van der Waals surface area contributed by atoms with Gasteiger partial charge in [0.05, 0.1) is 13.2 Å². The Labute approximate surface area is 85.8 Å². The summed E-state index contributed by atoms with van der Waals surface area (Å²) in [5.41, 5.74) is 2.22. The monoisotopic (exact) mass is 194 g/mol. The van der Waals surface area contributed by atoms with Crippen LogP contribution in [-0.4, -0.2) is 13.2 Å². The predicted molar refractivity (Wildman–Crippen MR) is 58.2 cm³/mol. The molecule has 0 unspecified atom stereocenters. The van der Waals surface area contributed by atoms with Crippen molar-refractivity contribution >= 4 is 0 Å². The first-order valence-corrected chi connectivity index (χ1v) is 4.86. The summed E-state index contributed by atoms with van der Waals surface area (Å²) in [5.74, 6) is 1.86. The largest absolute Gasteiger partial charge is 0.496 e. The van der Waals surface area contributed by atoms with E-state index in [-0.39, 0.29) is 6.10 Å². The molecule has 2 nitrogen and oxygen atoms in total. The van der Waals surface area contributed by atoms with E-state index in [1.807, 2.05) is 39.8 Å². The lowest BCUT2D eigenvalue weighted by molar-refractivity contribution is 0.240. The molecule has 0 heterocycles. The fourth-order valence-electron chi connectivity index (χ4n) is 1.36. The first-order chi connectivity index (χ1) is 6.54. The van der Waals surface area contributed by atoms with Crippen LogP contribution in [0.4, 0.5) is 0 Å². The van der Waals surface area contributed by atoms with Crippen LogP contribution in [0.5, 0.6) is 11.5 Å². The van der Waals surface area contributed by atoms with Crippen molar-refractivity contribution in [2.24, 2.45) is 0 Å². The highest BCUT2D eigenvalue weighted by Gasteiger charge is 2.06. The third-order valence-electron chi connectivity index (χ3n) is 2.06. The average Bonchev–Trinajstić information content (AvgIpc) is 2.10. The molecule has 1 rings (SSSR count). The maximum atomic E-state index is 5.67. The van der Waals surface area contributed by atoms with Gasteiger partial charge < -0.3 is 9.47 Å². The highest BCUT2D eigenvalue weighted by atomic mass is 16.5. The molecule has 0 radical (unpaired) electrons. The number of aryl methyl sites for hydroxylation is 2. The summed E-state index contributed by atoms with van der Waals surface area (Å²) < 4.78 is 10.9. The van der Waals surface area contributed by atoms with Crippen LogP contribution < -0.4 is 9.47 Å². The van der Waals surface area contributed by atoms with Crippen molar-refractivity contribution in [3.8, 4) is 11.5 Å². The van der Waals surface area contributed by atoms with E-state index in [1.54, 1.807) is 7.11 Å². The summed E-state index contributed by atoms with van der Waals surface area (Å²) in [6.45, 7) is 8.10. The Hall–Kier alpha value is -1.18. The van der Waals surface area contributed by atoms with Crippen LogP contribution in [0.1, 0.15) is 25.0 Å². The number of rotatable bonds is 3. The summed E-state index contributed by atoms with van der Waals surface area (Å²) in [6, 6.07) is 4.03. The van der Waals surface area contributed by atoms with Gasteiger partial charge in [0.1, 0.15) is 11.5 Å². The molecule has 2 heteroatoms. The van der Waals surface area contributed by atoms with Crippen LogP contribution in [0.25, 0.3) is 0 Å². The highest BCUT2D eigenvalue weighted by Crippen LogP contribution is 2.28. The van der Waals surface area contributed by atoms with Crippen molar-refractivity contribution in [2.45, 2.75) is 33.8 Å². The summed E-state index contributed by atoms with van der Waals surface area (Å²) >= 11 is 0. The third-order valence-corrected chi connectivity index (χ3v) is 2.06. The fraction of sp³-hybridized carbons (Fsp3) is 0.500. The Bertz CT molecular complexity index is 316. The molecule has 0 bridgehead atoms. The number of benzene rings is 1. The Balaban J connectivity index is 3.02. The van der Waals surface area contributed by atoms with Crippen molar-refractivity contribution in [1.29, 1.82) is 0 Å². The van der Waals surface area contributed by atoms with E-state index in [4.69, 9.17) is 9.47 Å². The van der Waals surface area contributed by atoms with Crippen LogP contribution >= 0.6 is 0 Å². The van der Waals surface area contributed by atoms with E-state index in [1.165, 1.54) is 0 Å². The van der Waals surface area contributed by atoms with E-state index < -0.39 is 0 Å². The smallest absolute Gasteiger partial charge is 0.123 e. The second-order valence-corrected chi connectivity index (χ2v) is 3.75. The first-order valence-electron chi connectivity index (χ1n) is 4.86. The van der Waals surface area contributed by atoms with Gasteiger partial charge in [-0.2, -0.15) is 0 Å². The standard InChI is InChI=1S/C12H18O2/c1-8(2)14-12-7-9(3)11(13-5)6-10(12)4/h6-8H,1-5H3. The summed E-state index contributed by atoms with van der Waals surface area (Å²) in [5, 5.41) is 0. The van der Waals surface area contributed by atoms with Crippen molar-refractivity contribution < 1.29 is 9.47 Å². The molecule has 0 aliphatic rings. The summed E-state index contributed by atoms with van der Waals surface area (Å²) in [7, 11) is 1.69. The van der Waals surface area contributed by atoms with Crippen LogP contribution in [0, 0.1) is 13.8 Å². The molecule has 1 aromatic rings. The number of hydrogen-bond donors (Lipinski definition) is 0. The molecule has 0 saturated carbocycles. The molecule has 0 fully saturated rings. The molecule has 0 spiro atoms. The minimum atomic E-state index is 0.210. The maximum absolute atomic E-state index is 5.67. The number of methoxy groups -OCH3 is 1. The molecule has 0 aliphatic heterocycles. The fourth-order valence-corrected chi connectivity index (χ4v) is 1.36. The highest BCUT2D eigenvalue weighted by molar-refractivity contribution is 5.45. The van der Waals surface area contributed by atoms with E-state index in [9.17, 15) is 0 Å². The second kappa shape index (κ2) is 4.36. The van der Waals surface area contributed by atoms with Crippen LogP contribution in [-0.2, 0) is 0 Å². The first kappa shape index (κ1) is 10.9. The normalized spacial score (nSPS) is 10.4. The minimum absolute atomic E-state index is 0.210. The summed E-state index contributed by atoms with van der Waals surface area (Å²) in [4.78, 5) is 0. The molecular weight excluding hydrogens is 176 g/mol. The molecule has 0 aromatic heterocycles. The lowest BCUT2D eigenvalue weighted by atomic mass is 10.1. The van der Waals surface area contributed by atoms with Gasteiger partial charge in [-0.3, -0.25) is 0 Å². The van der Waals surface area contributed by atoms with Crippen molar-refractivity contribution in [2.75, 3.05) is 7.11 Å². The van der Waals surface area contributed by atoms with Crippen molar-refractivity contribution in [3.63, 3.8) is 0 Å². The Morgan fingerprint density at radius 3 is 2.00 bits per heavy atom. The number of hydrogen-bond acceptors (Lipinski definition) is 2. The van der Waals surface area contributed by atoms with Gasteiger partial charge in [0.15, 0.2) is 0 Å². The predicted octanol–water partition coefficient (Wildman–Crippen LogP) is 3.10. The molecule has 0 amide bonds. The third kappa shape index (κ3) is 2.41. The van der Waals surface area contributed by atoms with Gasteiger partial charge in [-0.25, -0.2) is 0 Å². The van der Waals surface area contributed by atoms with E-state index >= 15 is 0 Å². The zero-order chi connectivity index (χ0) is 10.7. The average molecular weight is 194 g/mol. The molecule has 0 saturated heterocycles. The molecule has 14 heavy (non-hydrogen) atoms. The van der Waals surface area contributed by atoms with Gasteiger partial charge in [0, 0.05) is 0 Å². The Morgan fingerprint density at radius 1 is 1.00 bits per heavy atom. The van der Waals surface area contributed by atoms with Gasteiger partial charge in [-0.05, 0) is 51.0 Å². The van der Waals surface area contributed by atoms with Crippen molar-refractivity contribution in [1.82, 2.24) is 0 Å². The topological polar surface area (TPSA) is 18.5 Å². The zero-order valence-corrected chi connectivity index (χ0v) is 9.55. The molecule has 0 N–H and O–H groups in total. The maximum Gasteiger partial charge on any atom is 0.123 e. The van der Waals surface area contributed by atoms with Gasteiger partial charge in [0.2, 0.25) is 0 Å². The van der Waals surface area contributed by atoms with Crippen LogP contribution in [0.2, 0.25) is 0 Å². The zero-order valence-electron chi connectivity index (χ0n) is 9.55. The van der Waals surface area contributed by atoms with Crippen LogP contribution in [0.3, 0.4) is 0 Å². The second-order valence-electron chi connectivity index (χ2n) is 3.75. The van der Waals surface area contributed by atoms with E-state index in [2.05, 4.69) is 0 Å². The molecule has 78 valence electrons. The molecule has 1 aromatic carbocycles. The Kier molecular flexibility index (Phi) is 3.39. The summed E-state index contributed by atoms with van der Waals surface area (Å²) in [6.07, 6.45) is 0.210. The molecule has 0 atom stereocenters. The molecule has 0 aliphatic carbocycles.